The van der Waals surface area contributed by atoms with Crippen LogP contribution in [0.25, 0.3) is 22.2 Å². The van der Waals surface area contributed by atoms with Crippen LogP contribution in [0, 0.1) is 0 Å². The SMILES string of the molecule is O=C(NCCOCCO)c1ccc2oc(Nc3nc4ccc(C(F)F)cc4o3)nc2c1. The summed E-state index contributed by atoms with van der Waals surface area (Å²) in [5, 5.41) is 14.1. The van der Waals surface area contributed by atoms with Crippen molar-refractivity contribution in [2.45, 2.75) is 6.43 Å². The number of rotatable bonds is 9. The number of hydrogen-bond donors (Lipinski definition) is 3. The van der Waals surface area contributed by atoms with Crippen LogP contribution in [-0.2, 0) is 4.74 Å². The van der Waals surface area contributed by atoms with Crippen molar-refractivity contribution in [3.05, 3.63) is 47.5 Å². The Morgan fingerprint density at radius 1 is 1.03 bits per heavy atom. The van der Waals surface area contributed by atoms with Gasteiger partial charge in [-0.3, -0.25) is 10.1 Å². The molecule has 0 unspecified atom stereocenters. The number of nitrogens with one attached hydrogen (secondary N) is 2. The lowest BCUT2D eigenvalue weighted by atomic mass is 10.2. The number of hydrogen-bond acceptors (Lipinski definition) is 8. The van der Waals surface area contributed by atoms with E-state index in [1.54, 1.807) is 18.2 Å². The topological polar surface area (TPSA) is 123 Å². The normalized spacial score (nSPS) is 11.5. The van der Waals surface area contributed by atoms with Gasteiger partial charge in [-0.2, -0.15) is 9.97 Å². The molecule has 11 heteroatoms. The van der Waals surface area contributed by atoms with E-state index in [0.29, 0.717) is 28.7 Å². The van der Waals surface area contributed by atoms with Gasteiger partial charge in [0.05, 0.1) is 19.8 Å². The number of amides is 1. The van der Waals surface area contributed by atoms with Crippen LogP contribution >= 0.6 is 0 Å². The molecule has 162 valence electrons. The summed E-state index contributed by atoms with van der Waals surface area (Å²) in [5.74, 6) is -0.305. The number of aromatic nitrogens is 2. The summed E-state index contributed by atoms with van der Waals surface area (Å²) in [6, 6.07) is 8.82. The predicted molar refractivity (Wildman–Crippen MR) is 106 cm³/mol. The largest absolute Gasteiger partial charge is 0.423 e. The zero-order valence-electron chi connectivity index (χ0n) is 16.1. The maximum absolute atomic E-state index is 12.8. The Balaban J connectivity index is 1.45. The number of nitrogens with zero attached hydrogens (tertiary/aromatic N) is 2. The third-order valence-electron chi connectivity index (χ3n) is 4.30. The second kappa shape index (κ2) is 9.06. The third-order valence-corrected chi connectivity index (χ3v) is 4.30. The number of anilines is 2. The monoisotopic (exact) mass is 432 g/mol. The molecule has 0 aliphatic rings. The fourth-order valence-corrected chi connectivity index (χ4v) is 2.85. The first-order valence-electron chi connectivity index (χ1n) is 9.36. The van der Waals surface area contributed by atoms with Crippen LogP contribution in [0.2, 0.25) is 0 Å². The zero-order chi connectivity index (χ0) is 21.8. The molecule has 1 amide bonds. The molecule has 0 spiro atoms. The standard InChI is InChI=1S/C20H18F2N4O5/c21-17(22)11-1-3-13-16(10-11)31-19(24-13)26-20-25-14-9-12(2-4-15(14)30-20)18(28)23-5-7-29-8-6-27/h1-4,9-10,17,27H,5-8H2,(H,23,28)(H,24,25,26). The summed E-state index contributed by atoms with van der Waals surface area (Å²) in [6.45, 7) is 0.723. The van der Waals surface area contributed by atoms with Gasteiger partial charge in [0.25, 0.3) is 12.3 Å². The van der Waals surface area contributed by atoms with Crippen LogP contribution in [0.15, 0.2) is 45.2 Å². The first kappa shape index (κ1) is 20.7. The smallest absolute Gasteiger partial charge is 0.303 e. The highest BCUT2D eigenvalue weighted by Gasteiger charge is 2.15. The molecular weight excluding hydrogens is 414 g/mol. The summed E-state index contributed by atoms with van der Waals surface area (Å²) in [6.07, 6.45) is -2.61. The van der Waals surface area contributed by atoms with Crippen molar-refractivity contribution in [1.29, 1.82) is 0 Å². The van der Waals surface area contributed by atoms with Crippen molar-refractivity contribution in [1.82, 2.24) is 15.3 Å². The minimum Gasteiger partial charge on any atom is -0.423 e. The molecule has 0 saturated carbocycles. The number of aliphatic hydroxyl groups is 1. The number of aliphatic hydroxyl groups excluding tert-OH is 1. The van der Waals surface area contributed by atoms with Gasteiger partial charge < -0.3 is 24.0 Å². The highest BCUT2D eigenvalue weighted by atomic mass is 19.3. The molecule has 0 radical (unpaired) electrons. The lowest BCUT2D eigenvalue weighted by Crippen LogP contribution is -2.27. The van der Waals surface area contributed by atoms with Crippen LogP contribution in [0.4, 0.5) is 20.8 Å². The Hall–Kier alpha value is -3.57. The average molecular weight is 432 g/mol. The van der Waals surface area contributed by atoms with Crippen LogP contribution < -0.4 is 10.6 Å². The van der Waals surface area contributed by atoms with Gasteiger partial charge in [0.15, 0.2) is 11.2 Å². The molecule has 31 heavy (non-hydrogen) atoms. The lowest BCUT2D eigenvalue weighted by Gasteiger charge is -2.05. The molecule has 9 nitrogen and oxygen atoms in total. The first-order chi connectivity index (χ1) is 15.0. The molecule has 4 aromatic rings. The minimum atomic E-state index is -2.61. The van der Waals surface area contributed by atoms with Crippen molar-refractivity contribution < 1.29 is 32.3 Å². The van der Waals surface area contributed by atoms with Crippen molar-refractivity contribution in [3.8, 4) is 0 Å². The van der Waals surface area contributed by atoms with E-state index in [9.17, 15) is 13.6 Å². The second-order valence-corrected chi connectivity index (χ2v) is 6.47. The quantitative estimate of drug-likeness (QED) is 0.344. The van der Waals surface area contributed by atoms with E-state index in [4.69, 9.17) is 18.7 Å². The van der Waals surface area contributed by atoms with Crippen molar-refractivity contribution in [2.24, 2.45) is 0 Å². The van der Waals surface area contributed by atoms with Crippen molar-refractivity contribution in [2.75, 3.05) is 31.7 Å². The van der Waals surface area contributed by atoms with Gasteiger partial charge in [-0.1, -0.05) is 6.07 Å². The van der Waals surface area contributed by atoms with E-state index in [1.807, 2.05) is 0 Å². The molecule has 0 aliphatic carbocycles. The van der Waals surface area contributed by atoms with Gasteiger partial charge in [0, 0.05) is 17.7 Å². The van der Waals surface area contributed by atoms with E-state index >= 15 is 0 Å². The van der Waals surface area contributed by atoms with Gasteiger partial charge in [-0.05, 0) is 30.3 Å². The van der Waals surface area contributed by atoms with Gasteiger partial charge in [-0.25, -0.2) is 8.78 Å². The van der Waals surface area contributed by atoms with E-state index in [-0.39, 0.29) is 48.9 Å². The first-order valence-corrected chi connectivity index (χ1v) is 9.36. The Labute approximate surface area is 174 Å². The molecule has 2 aromatic carbocycles. The third kappa shape index (κ3) is 4.78. The maximum Gasteiger partial charge on any atom is 0.303 e. The summed E-state index contributed by atoms with van der Waals surface area (Å²) in [7, 11) is 0. The van der Waals surface area contributed by atoms with Crippen LogP contribution in [0.1, 0.15) is 22.3 Å². The van der Waals surface area contributed by atoms with Crippen molar-refractivity contribution in [3.63, 3.8) is 0 Å². The number of halogens is 2. The second-order valence-electron chi connectivity index (χ2n) is 6.47. The van der Waals surface area contributed by atoms with Gasteiger partial charge in [0.1, 0.15) is 11.0 Å². The number of fused-ring (bicyclic) bond motifs is 2. The van der Waals surface area contributed by atoms with Gasteiger partial charge >= 0.3 is 12.0 Å². The fraction of sp³-hybridized carbons (Fsp3) is 0.250. The van der Waals surface area contributed by atoms with Crippen molar-refractivity contribution >= 4 is 40.1 Å². The molecule has 0 atom stereocenters. The molecule has 0 bridgehead atoms. The van der Waals surface area contributed by atoms with E-state index in [0.717, 1.165) is 0 Å². The molecular formula is C20H18F2N4O5. The summed E-state index contributed by atoms with van der Waals surface area (Å²) in [5.41, 5.74) is 1.70. The van der Waals surface area contributed by atoms with Crippen LogP contribution in [0.3, 0.4) is 0 Å². The van der Waals surface area contributed by atoms with Gasteiger partial charge in [0.2, 0.25) is 0 Å². The summed E-state index contributed by atoms with van der Waals surface area (Å²) < 4.78 is 41.8. The van der Waals surface area contributed by atoms with Crippen LogP contribution in [-0.4, -0.2) is 47.3 Å². The molecule has 2 heterocycles. The Morgan fingerprint density at radius 2 is 1.81 bits per heavy atom. The Kier molecular flexibility index (Phi) is 6.05. The highest BCUT2D eigenvalue weighted by molar-refractivity contribution is 5.97. The number of ether oxygens (including phenoxy) is 1. The molecule has 0 saturated heterocycles. The number of benzene rings is 2. The van der Waals surface area contributed by atoms with E-state index < -0.39 is 6.43 Å². The fourth-order valence-electron chi connectivity index (χ4n) is 2.85. The molecule has 4 rings (SSSR count). The minimum absolute atomic E-state index is 0.0359. The predicted octanol–water partition coefficient (Wildman–Crippen LogP) is 3.39. The summed E-state index contributed by atoms with van der Waals surface area (Å²) >= 11 is 0. The Morgan fingerprint density at radius 3 is 2.58 bits per heavy atom. The highest BCUT2D eigenvalue weighted by Crippen LogP contribution is 2.28. The zero-order valence-corrected chi connectivity index (χ0v) is 16.1. The maximum atomic E-state index is 12.8. The molecule has 0 aliphatic heterocycles. The van der Waals surface area contributed by atoms with Gasteiger partial charge in [-0.15, -0.1) is 0 Å². The lowest BCUT2D eigenvalue weighted by molar-refractivity contribution is 0.0838. The number of carbonyl (C=O) groups is 1. The molecule has 0 fully saturated rings. The van der Waals surface area contributed by atoms with E-state index in [1.165, 1.54) is 18.2 Å². The number of oxazole rings is 2. The Bertz CT molecular complexity index is 1210. The molecule has 3 N–H and O–H groups in total. The van der Waals surface area contributed by atoms with E-state index in [2.05, 4.69) is 20.6 Å². The number of alkyl halides is 2. The van der Waals surface area contributed by atoms with Crippen LogP contribution in [0.5, 0.6) is 0 Å². The molecule has 2 aromatic heterocycles. The number of carbonyl (C=O) groups excluding carboxylic acids is 1. The average Bonchev–Trinajstić information content (AvgIpc) is 3.34. The summed E-state index contributed by atoms with van der Waals surface area (Å²) in [4.78, 5) is 20.6.